The van der Waals surface area contributed by atoms with Crippen molar-refractivity contribution < 1.29 is 9.47 Å². The summed E-state index contributed by atoms with van der Waals surface area (Å²) in [4.78, 5) is 20.8. The fraction of sp³-hybridized carbons (Fsp3) is 0.455. The second-order valence-corrected chi connectivity index (χ2v) is 7.83. The molecule has 9 nitrogen and oxygen atoms in total. The van der Waals surface area contributed by atoms with Crippen molar-refractivity contribution in [3.8, 4) is 11.3 Å². The summed E-state index contributed by atoms with van der Waals surface area (Å²) < 4.78 is 11.3. The lowest BCUT2D eigenvalue weighted by Gasteiger charge is -2.29. The van der Waals surface area contributed by atoms with Gasteiger partial charge >= 0.3 is 0 Å². The molecular formula is C22H29N7O2S. The standard InChI is InChI=1S/C22H27N7O2.H2S/c1-15(19-14-23-6-9-31-19)27-22-21-18(24-4-5-25-21)12-17(28-22)16-2-3-20(26-13-16)29-7-10-30-11-8-29;/h2-5,12-13,15,19,23H,6-11,14H2,1H3,(H,27,28);1H2. The SMILES string of the molecule is CC(Nc1nc(-c2ccc(N3CCOCC3)nc2)cc2nccnc12)C1CNCCO1.S. The van der Waals surface area contributed by atoms with Crippen LogP contribution in [0.25, 0.3) is 22.3 Å². The summed E-state index contributed by atoms with van der Waals surface area (Å²) in [5, 5.41) is 6.88. The molecule has 0 aromatic carbocycles. The Hall–Kier alpha value is -2.53. The van der Waals surface area contributed by atoms with E-state index < -0.39 is 0 Å². The maximum atomic E-state index is 5.90. The molecule has 5 rings (SSSR count). The van der Waals surface area contributed by atoms with Crippen LogP contribution in [-0.4, -0.2) is 78.1 Å². The Kier molecular flexibility index (Phi) is 7.36. The molecule has 2 fully saturated rings. The topological polar surface area (TPSA) is 97.3 Å². The Balaban J connectivity index is 0.00000245. The molecule has 170 valence electrons. The second-order valence-electron chi connectivity index (χ2n) is 7.83. The highest BCUT2D eigenvalue weighted by Crippen LogP contribution is 2.27. The average molecular weight is 456 g/mol. The first kappa shape index (κ1) is 22.7. The van der Waals surface area contributed by atoms with Crippen LogP contribution in [0.15, 0.2) is 36.8 Å². The number of aromatic nitrogens is 4. The third-order valence-corrected chi connectivity index (χ3v) is 5.71. The van der Waals surface area contributed by atoms with Gasteiger partial charge in [-0.05, 0) is 25.1 Å². The van der Waals surface area contributed by atoms with Gasteiger partial charge in [-0.25, -0.2) is 15.0 Å². The molecule has 2 atom stereocenters. The highest BCUT2D eigenvalue weighted by molar-refractivity contribution is 7.59. The van der Waals surface area contributed by atoms with E-state index >= 15 is 0 Å². The molecule has 0 saturated carbocycles. The summed E-state index contributed by atoms with van der Waals surface area (Å²) >= 11 is 0. The van der Waals surface area contributed by atoms with Gasteiger partial charge in [-0.2, -0.15) is 13.5 Å². The van der Waals surface area contributed by atoms with Crippen molar-refractivity contribution >= 4 is 36.2 Å². The van der Waals surface area contributed by atoms with E-state index in [1.54, 1.807) is 12.4 Å². The fourth-order valence-corrected chi connectivity index (χ4v) is 3.95. The number of rotatable bonds is 5. The molecule has 0 spiro atoms. The summed E-state index contributed by atoms with van der Waals surface area (Å²) in [5.74, 6) is 1.67. The van der Waals surface area contributed by atoms with Gasteiger partial charge in [0, 0.05) is 50.3 Å². The smallest absolute Gasteiger partial charge is 0.155 e. The van der Waals surface area contributed by atoms with Crippen molar-refractivity contribution in [2.75, 3.05) is 56.2 Å². The maximum Gasteiger partial charge on any atom is 0.155 e. The molecule has 5 heterocycles. The number of anilines is 2. The number of nitrogens with zero attached hydrogens (tertiary/aromatic N) is 5. The van der Waals surface area contributed by atoms with Crippen LogP contribution in [0.2, 0.25) is 0 Å². The van der Waals surface area contributed by atoms with Crippen LogP contribution in [0.4, 0.5) is 11.6 Å². The van der Waals surface area contributed by atoms with Gasteiger partial charge in [-0.15, -0.1) is 0 Å². The number of ether oxygens (including phenoxy) is 2. The Morgan fingerprint density at radius 3 is 2.72 bits per heavy atom. The number of hydrogen-bond donors (Lipinski definition) is 2. The zero-order valence-corrected chi connectivity index (χ0v) is 19.1. The first-order chi connectivity index (χ1) is 15.3. The molecule has 0 aliphatic carbocycles. The van der Waals surface area contributed by atoms with E-state index in [1.807, 2.05) is 18.3 Å². The molecule has 2 unspecified atom stereocenters. The van der Waals surface area contributed by atoms with E-state index in [2.05, 4.69) is 43.5 Å². The summed E-state index contributed by atoms with van der Waals surface area (Å²) in [7, 11) is 0. The predicted molar refractivity (Wildman–Crippen MR) is 130 cm³/mol. The molecule has 2 aliphatic rings. The van der Waals surface area contributed by atoms with E-state index in [-0.39, 0.29) is 25.6 Å². The van der Waals surface area contributed by atoms with Gasteiger partial charge in [0.15, 0.2) is 5.82 Å². The van der Waals surface area contributed by atoms with Gasteiger partial charge < -0.3 is 25.0 Å². The number of fused-ring (bicyclic) bond motifs is 1. The minimum atomic E-state index is 0. The maximum absolute atomic E-state index is 5.90. The van der Waals surface area contributed by atoms with Gasteiger partial charge in [-0.1, -0.05) is 0 Å². The summed E-state index contributed by atoms with van der Waals surface area (Å²) in [6.45, 7) is 7.71. The van der Waals surface area contributed by atoms with Crippen molar-refractivity contribution in [3.63, 3.8) is 0 Å². The van der Waals surface area contributed by atoms with Gasteiger partial charge in [0.1, 0.15) is 11.3 Å². The largest absolute Gasteiger partial charge is 0.378 e. The Morgan fingerprint density at radius 1 is 1.12 bits per heavy atom. The third-order valence-electron chi connectivity index (χ3n) is 5.71. The molecule has 3 aromatic heterocycles. The molecule has 32 heavy (non-hydrogen) atoms. The van der Waals surface area contributed by atoms with Crippen molar-refractivity contribution in [1.82, 2.24) is 25.3 Å². The summed E-state index contributed by atoms with van der Waals surface area (Å²) in [5.41, 5.74) is 3.30. The highest BCUT2D eigenvalue weighted by atomic mass is 32.1. The molecular weight excluding hydrogens is 426 g/mol. The first-order valence-electron chi connectivity index (χ1n) is 10.8. The molecule has 2 N–H and O–H groups in total. The van der Waals surface area contributed by atoms with Crippen LogP contribution in [0.3, 0.4) is 0 Å². The molecule has 2 aliphatic heterocycles. The molecule has 0 amide bonds. The van der Waals surface area contributed by atoms with Crippen LogP contribution in [0, 0.1) is 0 Å². The minimum Gasteiger partial charge on any atom is -0.378 e. The fourth-order valence-electron chi connectivity index (χ4n) is 3.95. The van der Waals surface area contributed by atoms with Crippen molar-refractivity contribution in [2.45, 2.75) is 19.1 Å². The molecule has 10 heteroatoms. The van der Waals surface area contributed by atoms with Crippen LogP contribution >= 0.6 is 13.5 Å². The summed E-state index contributed by atoms with van der Waals surface area (Å²) in [6, 6.07) is 6.13. The van der Waals surface area contributed by atoms with E-state index in [0.717, 1.165) is 67.5 Å². The lowest BCUT2D eigenvalue weighted by Crippen LogP contribution is -2.46. The van der Waals surface area contributed by atoms with Crippen LogP contribution in [-0.2, 0) is 9.47 Å². The van der Waals surface area contributed by atoms with Crippen molar-refractivity contribution in [2.24, 2.45) is 0 Å². The Morgan fingerprint density at radius 2 is 1.97 bits per heavy atom. The normalized spacial score (nSPS) is 19.9. The molecule has 0 bridgehead atoms. The van der Waals surface area contributed by atoms with E-state index in [0.29, 0.717) is 12.4 Å². The predicted octanol–water partition coefficient (Wildman–Crippen LogP) is 1.83. The number of hydrogen-bond acceptors (Lipinski definition) is 9. The molecule has 2 saturated heterocycles. The van der Waals surface area contributed by atoms with Gasteiger partial charge in [0.05, 0.1) is 43.2 Å². The minimum absolute atomic E-state index is 0. The lowest BCUT2D eigenvalue weighted by atomic mass is 10.1. The number of nitrogens with one attached hydrogen (secondary N) is 2. The van der Waals surface area contributed by atoms with E-state index in [9.17, 15) is 0 Å². The Labute approximate surface area is 194 Å². The summed E-state index contributed by atoms with van der Waals surface area (Å²) in [6.07, 6.45) is 5.33. The van der Waals surface area contributed by atoms with Gasteiger partial charge in [0.2, 0.25) is 0 Å². The molecule has 0 radical (unpaired) electrons. The highest BCUT2D eigenvalue weighted by Gasteiger charge is 2.22. The average Bonchev–Trinajstić information content (AvgIpc) is 2.85. The van der Waals surface area contributed by atoms with E-state index in [4.69, 9.17) is 14.5 Å². The molecule has 3 aromatic rings. The van der Waals surface area contributed by atoms with Crippen molar-refractivity contribution in [1.29, 1.82) is 0 Å². The zero-order valence-electron chi connectivity index (χ0n) is 18.1. The zero-order chi connectivity index (χ0) is 21.0. The first-order valence-corrected chi connectivity index (χ1v) is 10.8. The monoisotopic (exact) mass is 455 g/mol. The van der Waals surface area contributed by atoms with Crippen LogP contribution in [0.5, 0.6) is 0 Å². The number of pyridine rings is 2. The Bertz CT molecular complexity index is 1020. The lowest BCUT2D eigenvalue weighted by molar-refractivity contribution is 0.0201. The second kappa shape index (κ2) is 10.4. The van der Waals surface area contributed by atoms with Crippen LogP contribution in [0.1, 0.15) is 6.92 Å². The van der Waals surface area contributed by atoms with Gasteiger partial charge in [0.25, 0.3) is 0 Å². The van der Waals surface area contributed by atoms with Crippen molar-refractivity contribution in [3.05, 3.63) is 36.8 Å². The van der Waals surface area contributed by atoms with Gasteiger partial charge in [-0.3, -0.25) is 4.98 Å². The van der Waals surface area contributed by atoms with E-state index in [1.165, 1.54) is 0 Å². The number of morpholine rings is 2. The van der Waals surface area contributed by atoms with Crippen LogP contribution < -0.4 is 15.5 Å². The third kappa shape index (κ3) is 4.93. The quantitative estimate of drug-likeness (QED) is 0.597.